The number of rotatable bonds is 4. The molecule has 0 spiro atoms. The highest BCUT2D eigenvalue weighted by Crippen LogP contribution is 2.18. The van der Waals surface area contributed by atoms with Crippen LogP contribution < -0.4 is 10.6 Å². The summed E-state index contributed by atoms with van der Waals surface area (Å²) >= 11 is 0. The summed E-state index contributed by atoms with van der Waals surface area (Å²) in [6.07, 6.45) is -0.651. The quantitative estimate of drug-likeness (QED) is 0.804. The lowest BCUT2D eigenvalue weighted by Crippen LogP contribution is -2.40. The van der Waals surface area contributed by atoms with Crippen molar-refractivity contribution in [1.82, 2.24) is 15.1 Å². The van der Waals surface area contributed by atoms with Gasteiger partial charge in [-0.05, 0) is 36.6 Å². The Kier molecular flexibility index (Phi) is 5.23. The number of hydrogen-bond donors (Lipinski definition) is 3. The average Bonchev–Trinajstić information content (AvgIpc) is 2.85. The second-order valence-electron chi connectivity index (χ2n) is 6.78. The minimum absolute atomic E-state index is 0.146. The van der Waals surface area contributed by atoms with E-state index in [4.69, 9.17) is 0 Å². The fourth-order valence-corrected chi connectivity index (χ4v) is 2.04. The standard InChI is InChI=1S/C17H23FN4O2/c1-11-9-15(20-16(24)19-10-14(23)17(2,3)4)21-22(11)13-7-5-12(18)6-8-13/h5-9,14,23H,10H2,1-4H3,(H2,19,20,21,24). The Morgan fingerprint density at radius 1 is 1.33 bits per heavy atom. The first-order chi connectivity index (χ1) is 11.2. The van der Waals surface area contributed by atoms with E-state index in [1.165, 1.54) is 12.1 Å². The zero-order valence-corrected chi connectivity index (χ0v) is 14.3. The number of nitrogens with zero attached hydrogens (tertiary/aromatic N) is 2. The van der Waals surface area contributed by atoms with Crippen LogP contribution in [0.3, 0.4) is 0 Å². The Hall–Kier alpha value is -2.41. The highest BCUT2D eigenvalue weighted by atomic mass is 19.1. The molecular formula is C17H23FN4O2. The number of aliphatic hydroxyl groups excluding tert-OH is 1. The van der Waals surface area contributed by atoms with Gasteiger partial charge >= 0.3 is 6.03 Å². The van der Waals surface area contributed by atoms with Crippen molar-refractivity contribution < 1.29 is 14.3 Å². The summed E-state index contributed by atoms with van der Waals surface area (Å²) in [6.45, 7) is 7.66. The summed E-state index contributed by atoms with van der Waals surface area (Å²) in [6, 6.07) is 7.19. The smallest absolute Gasteiger partial charge is 0.320 e. The van der Waals surface area contributed by atoms with Crippen LogP contribution in [0.5, 0.6) is 0 Å². The second kappa shape index (κ2) is 7.00. The highest BCUT2D eigenvalue weighted by Gasteiger charge is 2.22. The van der Waals surface area contributed by atoms with Crippen LogP contribution in [0.2, 0.25) is 0 Å². The fourth-order valence-electron chi connectivity index (χ4n) is 2.04. The molecule has 1 atom stereocenters. The van der Waals surface area contributed by atoms with E-state index in [2.05, 4.69) is 15.7 Å². The number of halogens is 1. The third kappa shape index (κ3) is 4.55. The normalized spacial score (nSPS) is 12.8. The Labute approximate surface area is 140 Å². The Morgan fingerprint density at radius 3 is 2.54 bits per heavy atom. The molecule has 1 heterocycles. The van der Waals surface area contributed by atoms with Gasteiger partial charge in [-0.2, -0.15) is 0 Å². The van der Waals surface area contributed by atoms with Gasteiger partial charge in [0, 0.05) is 18.3 Å². The van der Waals surface area contributed by atoms with Gasteiger partial charge in [0.1, 0.15) is 5.82 Å². The van der Waals surface area contributed by atoms with Crippen LogP contribution >= 0.6 is 0 Å². The molecule has 1 aromatic carbocycles. The molecule has 0 fully saturated rings. The Morgan fingerprint density at radius 2 is 1.96 bits per heavy atom. The van der Waals surface area contributed by atoms with Gasteiger partial charge in [0.05, 0.1) is 11.8 Å². The maximum atomic E-state index is 13.0. The first-order valence-corrected chi connectivity index (χ1v) is 7.72. The predicted molar refractivity (Wildman–Crippen MR) is 90.7 cm³/mol. The summed E-state index contributed by atoms with van der Waals surface area (Å²) in [5.74, 6) is 0.0539. The van der Waals surface area contributed by atoms with E-state index < -0.39 is 12.1 Å². The van der Waals surface area contributed by atoms with Crippen molar-refractivity contribution in [2.75, 3.05) is 11.9 Å². The van der Waals surface area contributed by atoms with Crippen LogP contribution in [0.25, 0.3) is 5.69 Å². The molecule has 0 aliphatic carbocycles. The lowest BCUT2D eigenvalue weighted by Gasteiger charge is -2.25. The number of aromatic nitrogens is 2. The molecule has 2 rings (SSSR count). The van der Waals surface area contributed by atoms with E-state index in [0.717, 1.165) is 5.69 Å². The molecule has 0 saturated carbocycles. The first-order valence-electron chi connectivity index (χ1n) is 7.72. The fraction of sp³-hybridized carbons (Fsp3) is 0.412. The van der Waals surface area contributed by atoms with Crippen LogP contribution in [-0.4, -0.2) is 33.6 Å². The topological polar surface area (TPSA) is 79.2 Å². The zero-order chi connectivity index (χ0) is 17.9. The third-order valence-corrected chi connectivity index (χ3v) is 3.66. The summed E-state index contributed by atoms with van der Waals surface area (Å²) in [5, 5.41) is 19.5. The number of benzene rings is 1. The van der Waals surface area contributed by atoms with E-state index in [-0.39, 0.29) is 17.8 Å². The molecule has 24 heavy (non-hydrogen) atoms. The molecule has 2 aromatic rings. The van der Waals surface area contributed by atoms with Crippen molar-refractivity contribution in [3.8, 4) is 5.69 Å². The number of amides is 2. The van der Waals surface area contributed by atoms with Crippen LogP contribution in [-0.2, 0) is 0 Å². The molecule has 7 heteroatoms. The minimum Gasteiger partial charge on any atom is -0.391 e. The van der Waals surface area contributed by atoms with Gasteiger partial charge in [0.15, 0.2) is 5.82 Å². The molecule has 0 bridgehead atoms. The van der Waals surface area contributed by atoms with Gasteiger partial charge < -0.3 is 10.4 Å². The van der Waals surface area contributed by atoms with E-state index in [1.807, 2.05) is 27.7 Å². The monoisotopic (exact) mass is 334 g/mol. The summed E-state index contributed by atoms with van der Waals surface area (Å²) in [7, 11) is 0. The molecule has 0 aliphatic heterocycles. The molecular weight excluding hydrogens is 311 g/mol. The summed E-state index contributed by atoms with van der Waals surface area (Å²) in [4.78, 5) is 11.9. The zero-order valence-electron chi connectivity index (χ0n) is 14.3. The molecule has 3 N–H and O–H groups in total. The number of anilines is 1. The molecule has 6 nitrogen and oxygen atoms in total. The largest absolute Gasteiger partial charge is 0.391 e. The van der Waals surface area contributed by atoms with Gasteiger partial charge in [-0.1, -0.05) is 20.8 Å². The van der Waals surface area contributed by atoms with E-state index in [0.29, 0.717) is 11.5 Å². The van der Waals surface area contributed by atoms with Crippen molar-refractivity contribution in [3.63, 3.8) is 0 Å². The maximum absolute atomic E-state index is 13.0. The number of carbonyl (C=O) groups excluding carboxylic acids is 1. The van der Waals surface area contributed by atoms with Crippen molar-refractivity contribution in [1.29, 1.82) is 0 Å². The van der Waals surface area contributed by atoms with Crippen molar-refractivity contribution in [3.05, 3.63) is 41.8 Å². The second-order valence-corrected chi connectivity index (χ2v) is 6.78. The van der Waals surface area contributed by atoms with Gasteiger partial charge in [-0.25, -0.2) is 13.9 Å². The molecule has 1 aromatic heterocycles. The lowest BCUT2D eigenvalue weighted by molar-refractivity contribution is 0.0654. The van der Waals surface area contributed by atoms with Crippen LogP contribution in [0.15, 0.2) is 30.3 Å². The Bertz CT molecular complexity index is 704. The highest BCUT2D eigenvalue weighted by molar-refractivity contribution is 5.88. The van der Waals surface area contributed by atoms with Gasteiger partial charge in [-0.3, -0.25) is 5.32 Å². The van der Waals surface area contributed by atoms with Crippen LogP contribution in [0.1, 0.15) is 26.5 Å². The van der Waals surface area contributed by atoms with E-state index in [1.54, 1.807) is 22.9 Å². The number of urea groups is 1. The molecule has 1 unspecified atom stereocenters. The van der Waals surface area contributed by atoms with Crippen LogP contribution in [0.4, 0.5) is 15.0 Å². The molecule has 0 aliphatic rings. The lowest BCUT2D eigenvalue weighted by atomic mass is 9.89. The number of aryl methyl sites for hydroxylation is 1. The third-order valence-electron chi connectivity index (χ3n) is 3.66. The van der Waals surface area contributed by atoms with E-state index in [9.17, 15) is 14.3 Å². The average molecular weight is 334 g/mol. The van der Waals surface area contributed by atoms with Gasteiger partial charge in [-0.15, -0.1) is 5.10 Å². The number of carbonyl (C=O) groups is 1. The van der Waals surface area contributed by atoms with Crippen molar-refractivity contribution in [2.24, 2.45) is 5.41 Å². The van der Waals surface area contributed by atoms with Gasteiger partial charge in [0.2, 0.25) is 0 Å². The van der Waals surface area contributed by atoms with Crippen molar-refractivity contribution >= 4 is 11.8 Å². The number of hydrogen-bond acceptors (Lipinski definition) is 3. The molecule has 2 amide bonds. The summed E-state index contributed by atoms with van der Waals surface area (Å²) < 4.78 is 14.6. The van der Waals surface area contributed by atoms with Gasteiger partial charge in [0.25, 0.3) is 0 Å². The molecule has 0 radical (unpaired) electrons. The van der Waals surface area contributed by atoms with E-state index >= 15 is 0 Å². The number of aliphatic hydroxyl groups is 1. The summed E-state index contributed by atoms with van der Waals surface area (Å²) in [5.41, 5.74) is 1.19. The maximum Gasteiger partial charge on any atom is 0.320 e. The number of nitrogens with one attached hydrogen (secondary N) is 2. The molecule has 130 valence electrons. The predicted octanol–water partition coefficient (Wildman–Crippen LogP) is 2.85. The van der Waals surface area contributed by atoms with Crippen LogP contribution in [0, 0.1) is 18.2 Å². The molecule has 0 saturated heterocycles. The first kappa shape index (κ1) is 17.9. The SMILES string of the molecule is Cc1cc(NC(=O)NCC(O)C(C)(C)C)nn1-c1ccc(F)cc1. The Balaban J connectivity index is 2.00. The minimum atomic E-state index is -0.651. The van der Waals surface area contributed by atoms with Crippen molar-refractivity contribution in [2.45, 2.75) is 33.8 Å².